The summed E-state index contributed by atoms with van der Waals surface area (Å²) in [6.45, 7) is 3.69. The van der Waals surface area contributed by atoms with Gasteiger partial charge < -0.3 is 20.6 Å². The second-order valence-corrected chi connectivity index (χ2v) is 8.34. The van der Waals surface area contributed by atoms with Crippen molar-refractivity contribution in [2.45, 2.75) is 122 Å². The highest BCUT2D eigenvalue weighted by atomic mass is 16.4. The summed E-state index contributed by atoms with van der Waals surface area (Å²) in [5, 5.41) is 27.6. The summed E-state index contributed by atoms with van der Waals surface area (Å²) in [6, 6.07) is 0. The molecule has 0 fully saturated rings. The van der Waals surface area contributed by atoms with Gasteiger partial charge in [0.15, 0.2) is 0 Å². The Morgan fingerprint density at radius 2 is 1.03 bits per heavy atom. The Hall–Kier alpha value is -0.910. The monoisotopic (exact) mass is 443 g/mol. The van der Waals surface area contributed by atoms with E-state index >= 15 is 0 Å². The second kappa shape index (κ2) is 31.3. The van der Waals surface area contributed by atoms with Gasteiger partial charge in [-0.1, -0.05) is 96.1 Å². The van der Waals surface area contributed by atoms with Crippen molar-refractivity contribution < 1.29 is 20.1 Å². The van der Waals surface area contributed by atoms with Crippen LogP contribution in [-0.4, -0.2) is 47.6 Å². The van der Waals surface area contributed by atoms with E-state index in [-0.39, 0.29) is 13.2 Å². The molecule has 0 saturated heterocycles. The Bertz CT molecular complexity index is 357. The van der Waals surface area contributed by atoms with Crippen molar-refractivity contribution in [3.63, 3.8) is 0 Å². The van der Waals surface area contributed by atoms with E-state index in [1.807, 2.05) is 0 Å². The van der Waals surface area contributed by atoms with Gasteiger partial charge in [-0.25, -0.2) is 0 Å². The van der Waals surface area contributed by atoms with Gasteiger partial charge in [0.2, 0.25) is 0 Å². The zero-order valence-electron chi connectivity index (χ0n) is 20.5. The Morgan fingerprint density at radius 3 is 1.42 bits per heavy atom. The highest BCUT2D eigenvalue weighted by molar-refractivity contribution is 5.66. The topological polar surface area (TPSA) is 89.8 Å². The number of carboxylic acid groups (broad SMARTS) is 1. The van der Waals surface area contributed by atoms with E-state index in [1.165, 1.54) is 96.3 Å². The van der Waals surface area contributed by atoms with Crippen molar-refractivity contribution in [1.29, 1.82) is 0 Å². The number of unbranched alkanes of at least 4 members (excludes halogenated alkanes) is 15. The number of hydrogen-bond acceptors (Lipinski definition) is 4. The average molecular weight is 444 g/mol. The van der Waals surface area contributed by atoms with Gasteiger partial charge in [-0.05, 0) is 32.1 Å². The number of carbonyl (C=O) groups is 1. The molecule has 0 amide bonds. The molecule has 4 N–H and O–H groups in total. The molecule has 0 aliphatic rings. The maximum absolute atomic E-state index is 10.4. The van der Waals surface area contributed by atoms with E-state index in [0.717, 1.165) is 12.8 Å². The predicted octanol–water partition coefficient (Wildman–Crippen LogP) is 6.23. The third-order valence-electron chi connectivity index (χ3n) is 5.23. The molecule has 0 radical (unpaired) electrons. The Balaban J connectivity index is 0. The van der Waals surface area contributed by atoms with E-state index in [2.05, 4.69) is 24.4 Å². The third-order valence-corrected chi connectivity index (χ3v) is 5.23. The number of allylic oxidation sites excluding steroid dienone is 2. The van der Waals surface area contributed by atoms with Crippen molar-refractivity contribution in [2.75, 3.05) is 26.3 Å². The number of nitrogens with one attached hydrogen (secondary N) is 1. The fourth-order valence-corrected chi connectivity index (χ4v) is 3.34. The molecule has 0 rings (SSSR count). The molecule has 0 aliphatic heterocycles. The molecule has 0 aromatic rings. The van der Waals surface area contributed by atoms with Crippen LogP contribution < -0.4 is 5.32 Å². The van der Waals surface area contributed by atoms with E-state index in [9.17, 15) is 4.79 Å². The van der Waals surface area contributed by atoms with Crippen LogP contribution in [0.25, 0.3) is 0 Å². The summed E-state index contributed by atoms with van der Waals surface area (Å²) in [5.41, 5.74) is 0. The SMILES string of the molecule is CCCCCCCCC=CCCCCCCCCCCCC(=O)O.OCCNCCO. The largest absolute Gasteiger partial charge is 0.481 e. The van der Waals surface area contributed by atoms with Crippen LogP contribution in [-0.2, 0) is 4.79 Å². The molecule has 5 nitrogen and oxygen atoms in total. The molecule has 0 aliphatic carbocycles. The summed E-state index contributed by atoms with van der Waals surface area (Å²) in [5.74, 6) is -0.656. The molecule has 0 aromatic carbocycles. The first-order valence-corrected chi connectivity index (χ1v) is 13.0. The maximum Gasteiger partial charge on any atom is 0.303 e. The molecule has 31 heavy (non-hydrogen) atoms. The summed E-state index contributed by atoms with van der Waals surface area (Å²) in [7, 11) is 0. The van der Waals surface area contributed by atoms with Gasteiger partial charge in [0.25, 0.3) is 0 Å². The van der Waals surface area contributed by atoms with Crippen LogP contribution in [0.5, 0.6) is 0 Å². The molecular weight excluding hydrogens is 390 g/mol. The van der Waals surface area contributed by atoms with Crippen LogP contribution in [0.15, 0.2) is 12.2 Å². The average Bonchev–Trinajstić information content (AvgIpc) is 2.76. The summed E-state index contributed by atoms with van der Waals surface area (Å²) in [6.07, 6.45) is 27.1. The molecule has 0 aromatic heterocycles. The maximum atomic E-state index is 10.4. The fourth-order valence-electron chi connectivity index (χ4n) is 3.34. The first kappa shape index (κ1) is 32.3. The molecule has 0 unspecified atom stereocenters. The van der Waals surface area contributed by atoms with Crippen molar-refractivity contribution in [3.05, 3.63) is 12.2 Å². The molecule has 0 atom stereocenters. The summed E-state index contributed by atoms with van der Waals surface area (Å²) >= 11 is 0. The zero-order chi connectivity index (χ0) is 23.3. The minimum atomic E-state index is -0.656. The Morgan fingerprint density at radius 1 is 0.645 bits per heavy atom. The number of aliphatic hydroxyl groups excluding tert-OH is 2. The minimum absolute atomic E-state index is 0.139. The number of carboxylic acids is 1. The lowest BCUT2D eigenvalue weighted by molar-refractivity contribution is -0.137. The van der Waals surface area contributed by atoms with Crippen LogP contribution in [0, 0.1) is 0 Å². The number of hydrogen-bond donors (Lipinski definition) is 4. The Kier molecular flexibility index (Phi) is 32.6. The number of rotatable bonds is 23. The van der Waals surface area contributed by atoms with Crippen LogP contribution in [0.3, 0.4) is 0 Å². The van der Waals surface area contributed by atoms with Crippen molar-refractivity contribution in [2.24, 2.45) is 0 Å². The van der Waals surface area contributed by atoms with Gasteiger partial charge in [0, 0.05) is 19.5 Å². The van der Waals surface area contributed by atoms with Gasteiger partial charge in [0.1, 0.15) is 0 Å². The van der Waals surface area contributed by atoms with Gasteiger partial charge in [-0.15, -0.1) is 0 Å². The Labute approximate surface area is 192 Å². The lowest BCUT2D eigenvalue weighted by Gasteiger charge is -2.01. The highest BCUT2D eigenvalue weighted by Gasteiger charge is 1.96. The van der Waals surface area contributed by atoms with Crippen LogP contribution in [0.4, 0.5) is 0 Å². The molecule has 5 heteroatoms. The first-order valence-electron chi connectivity index (χ1n) is 13.0. The molecule has 0 heterocycles. The van der Waals surface area contributed by atoms with E-state index < -0.39 is 5.97 Å². The lowest BCUT2D eigenvalue weighted by atomic mass is 10.1. The highest BCUT2D eigenvalue weighted by Crippen LogP contribution is 2.12. The van der Waals surface area contributed by atoms with Crippen LogP contribution in [0.1, 0.15) is 122 Å². The summed E-state index contributed by atoms with van der Waals surface area (Å²) < 4.78 is 0. The molecule has 0 bridgehead atoms. The van der Waals surface area contributed by atoms with Crippen molar-refractivity contribution >= 4 is 5.97 Å². The quantitative estimate of drug-likeness (QED) is 0.111. The summed E-state index contributed by atoms with van der Waals surface area (Å²) in [4.78, 5) is 10.4. The van der Waals surface area contributed by atoms with E-state index in [4.69, 9.17) is 15.3 Å². The molecular formula is C26H53NO4. The van der Waals surface area contributed by atoms with Gasteiger partial charge >= 0.3 is 5.97 Å². The number of aliphatic carboxylic acids is 1. The van der Waals surface area contributed by atoms with Crippen LogP contribution >= 0.6 is 0 Å². The standard InChI is InChI=1S/C22H42O2.C4H11NO2/c1-2-3-4-5-6-7-8-9-10-11-12-13-14-15-16-17-18-19-20-21-22(23)24;6-3-1-5-2-4-7/h9-10H,2-8,11-21H2,1H3,(H,23,24);5-7H,1-4H2. The predicted molar refractivity (Wildman–Crippen MR) is 133 cm³/mol. The fraction of sp³-hybridized carbons (Fsp3) is 0.885. The van der Waals surface area contributed by atoms with Gasteiger partial charge in [0.05, 0.1) is 13.2 Å². The minimum Gasteiger partial charge on any atom is -0.481 e. The molecule has 186 valence electrons. The molecule has 0 spiro atoms. The zero-order valence-corrected chi connectivity index (χ0v) is 20.5. The second-order valence-electron chi connectivity index (χ2n) is 8.34. The van der Waals surface area contributed by atoms with Crippen molar-refractivity contribution in [1.82, 2.24) is 5.32 Å². The third kappa shape index (κ3) is 36.8. The van der Waals surface area contributed by atoms with Gasteiger partial charge in [-0.3, -0.25) is 4.79 Å². The smallest absolute Gasteiger partial charge is 0.303 e. The van der Waals surface area contributed by atoms with E-state index in [1.54, 1.807) is 0 Å². The normalized spacial score (nSPS) is 10.9. The van der Waals surface area contributed by atoms with Crippen LogP contribution in [0.2, 0.25) is 0 Å². The van der Waals surface area contributed by atoms with Crippen molar-refractivity contribution in [3.8, 4) is 0 Å². The van der Waals surface area contributed by atoms with E-state index in [0.29, 0.717) is 19.5 Å². The first-order chi connectivity index (χ1) is 15.2. The lowest BCUT2D eigenvalue weighted by Crippen LogP contribution is -2.21. The number of aliphatic hydroxyl groups is 2. The molecule has 0 saturated carbocycles. The van der Waals surface area contributed by atoms with Gasteiger partial charge in [-0.2, -0.15) is 0 Å².